The van der Waals surface area contributed by atoms with E-state index >= 15 is 0 Å². The van der Waals surface area contributed by atoms with Crippen LogP contribution in [-0.2, 0) is 0 Å². The largest absolute Gasteiger partial charge is 0.365 e. The second-order valence-electron chi connectivity index (χ2n) is 7.15. The van der Waals surface area contributed by atoms with Crippen molar-refractivity contribution in [1.82, 2.24) is 9.47 Å². The number of rotatable bonds is 2. The zero-order chi connectivity index (χ0) is 20.5. The van der Waals surface area contributed by atoms with Crippen molar-refractivity contribution in [1.29, 1.82) is 0 Å². The fraction of sp³-hybridized carbons (Fsp3) is 0.273. The summed E-state index contributed by atoms with van der Waals surface area (Å²) in [5, 5.41) is 1.90. The molecular weight excluding hydrogens is 409 g/mol. The van der Waals surface area contributed by atoms with Gasteiger partial charge in [-0.15, -0.1) is 0 Å². The number of piperazine rings is 1. The van der Waals surface area contributed by atoms with Crippen LogP contribution in [0.4, 0.5) is 10.5 Å². The van der Waals surface area contributed by atoms with Crippen LogP contribution >= 0.6 is 23.2 Å². The van der Waals surface area contributed by atoms with Gasteiger partial charge in [0.1, 0.15) is 0 Å². The van der Waals surface area contributed by atoms with E-state index in [4.69, 9.17) is 23.2 Å². The van der Waals surface area contributed by atoms with Crippen LogP contribution in [0.25, 0.3) is 10.9 Å². The van der Waals surface area contributed by atoms with Gasteiger partial charge in [-0.2, -0.15) is 0 Å². The Morgan fingerprint density at radius 2 is 1.83 bits per heavy atom. The van der Waals surface area contributed by atoms with Crippen molar-refractivity contribution < 1.29 is 4.79 Å². The average Bonchev–Trinajstić information content (AvgIpc) is 2.74. The molecule has 1 atom stereocenters. The van der Waals surface area contributed by atoms with Crippen LogP contribution in [0, 0.1) is 0 Å². The molecule has 150 valence electrons. The molecule has 5 nitrogen and oxygen atoms in total. The van der Waals surface area contributed by atoms with Crippen LogP contribution in [0.1, 0.15) is 13.3 Å². The van der Waals surface area contributed by atoms with E-state index in [0.29, 0.717) is 35.2 Å². The number of pyridine rings is 1. The molecule has 0 aliphatic carbocycles. The summed E-state index contributed by atoms with van der Waals surface area (Å²) in [4.78, 5) is 29.8. The van der Waals surface area contributed by atoms with Gasteiger partial charge < -0.3 is 9.80 Å². The molecule has 29 heavy (non-hydrogen) atoms. The third-order valence-corrected chi connectivity index (χ3v) is 6.19. The second kappa shape index (κ2) is 8.09. The highest BCUT2D eigenvalue weighted by Gasteiger charge is 2.30. The molecule has 3 aromatic rings. The highest BCUT2D eigenvalue weighted by atomic mass is 35.5. The summed E-state index contributed by atoms with van der Waals surface area (Å²) in [6, 6.07) is 16.1. The topological polar surface area (TPSA) is 45.6 Å². The fourth-order valence-corrected chi connectivity index (χ4v) is 4.20. The van der Waals surface area contributed by atoms with Gasteiger partial charge in [0, 0.05) is 37.4 Å². The molecule has 0 N–H and O–H groups in total. The first-order valence-corrected chi connectivity index (χ1v) is 10.4. The van der Waals surface area contributed by atoms with Gasteiger partial charge in [0.05, 0.1) is 15.6 Å². The van der Waals surface area contributed by atoms with Crippen LogP contribution in [0.2, 0.25) is 10.0 Å². The molecule has 1 unspecified atom stereocenters. The lowest BCUT2D eigenvalue weighted by molar-refractivity contribution is 0.186. The van der Waals surface area contributed by atoms with Gasteiger partial charge in [-0.1, -0.05) is 48.3 Å². The number of anilines is 1. The second-order valence-corrected chi connectivity index (χ2v) is 7.96. The van der Waals surface area contributed by atoms with Crippen molar-refractivity contribution in [3.63, 3.8) is 0 Å². The minimum atomic E-state index is -0.311. The van der Waals surface area contributed by atoms with Crippen molar-refractivity contribution in [2.24, 2.45) is 0 Å². The Morgan fingerprint density at radius 1 is 1.03 bits per heavy atom. The Morgan fingerprint density at radius 3 is 2.59 bits per heavy atom. The molecule has 0 bridgehead atoms. The van der Waals surface area contributed by atoms with E-state index in [2.05, 4.69) is 11.8 Å². The van der Waals surface area contributed by atoms with Crippen molar-refractivity contribution >= 4 is 45.8 Å². The van der Waals surface area contributed by atoms with E-state index in [1.54, 1.807) is 23.1 Å². The Labute approximate surface area is 179 Å². The zero-order valence-electron chi connectivity index (χ0n) is 16.0. The molecule has 0 spiro atoms. The number of nitrogens with zero attached hydrogens (tertiary/aromatic N) is 3. The van der Waals surface area contributed by atoms with Crippen molar-refractivity contribution in [2.45, 2.75) is 19.4 Å². The molecule has 4 rings (SSSR count). The Balaban J connectivity index is 1.62. The molecule has 1 aliphatic heterocycles. The van der Waals surface area contributed by atoms with E-state index in [1.807, 2.05) is 30.3 Å². The molecule has 1 saturated heterocycles. The molecule has 2 aromatic carbocycles. The third-order valence-electron chi connectivity index (χ3n) is 5.45. The summed E-state index contributed by atoms with van der Waals surface area (Å²) < 4.78 is 1.27. The Kier molecular flexibility index (Phi) is 5.52. The maximum absolute atomic E-state index is 13.3. The number of hydrogen-bond acceptors (Lipinski definition) is 3. The number of fused-ring (bicyclic) bond motifs is 1. The fourth-order valence-electron chi connectivity index (χ4n) is 3.91. The number of amides is 1. The highest BCUT2D eigenvalue weighted by Crippen LogP contribution is 2.30. The monoisotopic (exact) mass is 429 g/mol. The number of hydrogen-bond donors (Lipinski definition) is 0. The lowest BCUT2D eigenvalue weighted by atomic mass is 10.1. The first-order valence-electron chi connectivity index (χ1n) is 9.61. The predicted molar refractivity (Wildman–Crippen MR) is 118 cm³/mol. The minimum Gasteiger partial charge on any atom is -0.365 e. The summed E-state index contributed by atoms with van der Waals surface area (Å²) in [5.41, 5.74) is 1.30. The van der Waals surface area contributed by atoms with Gasteiger partial charge >= 0.3 is 6.03 Å². The van der Waals surface area contributed by atoms with Crippen LogP contribution in [0.5, 0.6) is 0 Å². The molecule has 2 heterocycles. The normalized spacial score (nSPS) is 17.0. The third kappa shape index (κ3) is 3.72. The summed E-state index contributed by atoms with van der Waals surface area (Å²) >= 11 is 12.2. The predicted octanol–water partition coefficient (Wildman–Crippen LogP) is 4.88. The van der Waals surface area contributed by atoms with Gasteiger partial charge in [0.15, 0.2) is 0 Å². The Hall–Kier alpha value is -2.50. The molecule has 1 aromatic heterocycles. The molecule has 0 radical (unpaired) electrons. The molecule has 1 amide bonds. The maximum Gasteiger partial charge on any atom is 0.331 e. The van der Waals surface area contributed by atoms with E-state index < -0.39 is 0 Å². The van der Waals surface area contributed by atoms with E-state index in [-0.39, 0.29) is 17.6 Å². The lowest BCUT2D eigenvalue weighted by Gasteiger charge is -2.42. The molecule has 1 aliphatic rings. The van der Waals surface area contributed by atoms with Gasteiger partial charge in [0.25, 0.3) is 5.56 Å². The number of halogens is 2. The molecular formula is C22H21Cl2N3O2. The molecule has 7 heteroatoms. The average molecular weight is 430 g/mol. The molecule has 0 saturated carbocycles. The molecule has 1 fully saturated rings. The van der Waals surface area contributed by atoms with Crippen molar-refractivity contribution in [3.05, 3.63) is 75.0 Å². The van der Waals surface area contributed by atoms with Crippen LogP contribution < -0.4 is 10.5 Å². The number of para-hydroxylation sites is 1. The number of aromatic nitrogens is 1. The maximum atomic E-state index is 13.3. The van der Waals surface area contributed by atoms with Crippen molar-refractivity contribution in [2.75, 3.05) is 24.5 Å². The lowest BCUT2D eigenvalue weighted by Crippen LogP contribution is -2.56. The van der Waals surface area contributed by atoms with Crippen LogP contribution in [0.3, 0.4) is 0 Å². The zero-order valence-corrected chi connectivity index (χ0v) is 17.5. The SMILES string of the molecule is CCC1CN(C(=O)n2c(=O)ccc3ccccc32)CCN1c1ccc(Cl)c(Cl)c1. The highest BCUT2D eigenvalue weighted by molar-refractivity contribution is 6.42. The summed E-state index contributed by atoms with van der Waals surface area (Å²) in [7, 11) is 0. The smallest absolute Gasteiger partial charge is 0.331 e. The first-order chi connectivity index (χ1) is 14.0. The van der Waals surface area contributed by atoms with E-state index in [1.165, 1.54) is 10.6 Å². The van der Waals surface area contributed by atoms with E-state index in [9.17, 15) is 9.59 Å². The standard InChI is InChI=1S/C22H21Cl2N3O2/c1-2-16-14-25(11-12-26(16)17-8-9-18(23)19(24)13-17)22(29)27-20-6-4-3-5-15(20)7-10-21(27)28/h3-10,13,16H,2,11-12,14H2,1H3. The van der Waals surface area contributed by atoms with E-state index in [0.717, 1.165) is 17.5 Å². The van der Waals surface area contributed by atoms with Crippen LogP contribution in [-0.4, -0.2) is 41.2 Å². The van der Waals surface area contributed by atoms with Gasteiger partial charge in [-0.3, -0.25) is 4.79 Å². The van der Waals surface area contributed by atoms with Crippen molar-refractivity contribution in [3.8, 4) is 0 Å². The number of carbonyl (C=O) groups is 1. The number of benzene rings is 2. The van der Waals surface area contributed by atoms with Gasteiger partial charge in [-0.05, 0) is 42.1 Å². The minimum absolute atomic E-state index is 0.121. The van der Waals surface area contributed by atoms with Gasteiger partial charge in [-0.25, -0.2) is 9.36 Å². The first kappa shape index (κ1) is 19.8. The van der Waals surface area contributed by atoms with Crippen LogP contribution in [0.15, 0.2) is 59.4 Å². The summed E-state index contributed by atoms with van der Waals surface area (Å²) in [5.74, 6) is 0. The quantitative estimate of drug-likeness (QED) is 0.583. The summed E-state index contributed by atoms with van der Waals surface area (Å²) in [6.07, 6.45) is 0.856. The van der Waals surface area contributed by atoms with Gasteiger partial charge in [0.2, 0.25) is 0 Å². The Bertz CT molecular complexity index is 1130. The number of carbonyl (C=O) groups excluding carboxylic acids is 1. The summed E-state index contributed by atoms with van der Waals surface area (Å²) in [6.45, 7) is 3.80.